The van der Waals surface area contributed by atoms with E-state index in [0.717, 1.165) is 10.0 Å². The van der Waals surface area contributed by atoms with E-state index in [4.69, 9.17) is 5.11 Å². The summed E-state index contributed by atoms with van der Waals surface area (Å²) in [6, 6.07) is 7.44. The first kappa shape index (κ1) is 15.6. The first-order chi connectivity index (χ1) is 8.45. The molecule has 5 nitrogen and oxygen atoms in total. The number of aliphatic hydroxyl groups excluding tert-OH is 1. The van der Waals surface area contributed by atoms with Gasteiger partial charge in [-0.3, -0.25) is 0 Å². The van der Waals surface area contributed by atoms with Crippen molar-refractivity contribution in [3.63, 3.8) is 0 Å². The summed E-state index contributed by atoms with van der Waals surface area (Å²) in [4.78, 5) is 0. The largest absolute Gasteiger partial charge is 0.396 e. The summed E-state index contributed by atoms with van der Waals surface area (Å²) in [5.74, 6) is 0. The van der Waals surface area contributed by atoms with Gasteiger partial charge in [0, 0.05) is 31.2 Å². The van der Waals surface area contributed by atoms with E-state index in [1.807, 2.05) is 24.3 Å². The standard InChI is InChI=1S/C11H17BrN2O3S/c1-14(6-3-7-15)18(16,17)13-9-10-4-2-5-11(12)8-10/h2,4-5,8,13,15H,3,6-7,9H2,1H3. The van der Waals surface area contributed by atoms with Crippen molar-refractivity contribution >= 4 is 26.1 Å². The van der Waals surface area contributed by atoms with Gasteiger partial charge in [-0.05, 0) is 24.1 Å². The molecule has 0 amide bonds. The summed E-state index contributed by atoms with van der Waals surface area (Å²) in [7, 11) is -2.00. The number of hydrogen-bond donors (Lipinski definition) is 2. The number of aliphatic hydroxyl groups is 1. The Kier molecular flexibility index (Phi) is 6.24. The minimum Gasteiger partial charge on any atom is -0.396 e. The van der Waals surface area contributed by atoms with Crippen LogP contribution < -0.4 is 4.72 Å². The lowest BCUT2D eigenvalue weighted by molar-refractivity contribution is 0.275. The van der Waals surface area contributed by atoms with Crippen molar-refractivity contribution in [3.8, 4) is 0 Å². The van der Waals surface area contributed by atoms with Crippen LogP contribution in [0.15, 0.2) is 28.7 Å². The van der Waals surface area contributed by atoms with Crippen LogP contribution in [0.1, 0.15) is 12.0 Å². The molecular weight excluding hydrogens is 320 g/mol. The monoisotopic (exact) mass is 336 g/mol. The number of rotatable bonds is 7. The molecule has 0 aliphatic rings. The number of nitrogens with zero attached hydrogens (tertiary/aromatic N) is 1. The zero-order chi connectivity index (χ0) is 13.6. The van der Waals surface area contributed by atoms with Crippen LogP contribution in [0.2, 0.25) is 0 Å². The molecule has 0 saturated carbocycles. The topological polar surface area (TPSA) is 69.6 Å². The first-order valence-electron chi connectivity index (χ1n) is 5.52. The van der Waals surface area contributed by atoms with Crippen LogP contribution in [-0.2, 0) is 16.8 Å². The number of benzene rings is 1. The van der Waals surface area contributed by atoms with Crippen LogP contribution in [0.5, 0.6) is 0 Å². The predicted molar refractivity (Wildman–Crippen MR) is 74.2 cm³/mol. The Labute approximate surface area is 116 Å². The Bertz CT molecular complexity index is 479. The van der Waals surface area contributed by atoms with E-state index < -0.39 is 10.2 Å². The average Bonchev–Trinajstić information content (AvgIpc) is 2.33. The van der Waals surface area contributed by atoms with Crippen LogP contribution >= 0.6 is 15.9 Å². The van der Waals surface area contributed by atoms with Gasteiger partial charge in [-0.25, -0.2) is 0 Å². The third-order valence-electron chi connectivity index (χ3n) is 2.39. The molecule has 0 bridgehead atoms. The maximum atomic E-state index is 11.8. The fourth-order valence-corrected chi connectivity index (χ4v) is 2.73. The molecule has 0 aromatic heterocycles. The lowest BCUT2D eigenvalue weighted by Crippen LogP contribution is -2.38. The van der Waals surface area contributed by atoms with Gasteiger partial charge in [0.2, 0.25) is 0 Å². The molecule has 0 radical (unpaired) electrons. The molecule has 0 spiro atoms. The molecule has 0 atom stereocenters. The van der Waals surface area contributed by atoms with Crippen molar-refractivity contribution in [2.24, 2.45) is 0 Å². The van der Waals surface area contributed by atoms with E-state index in [-0.39, 0.29) is 13.2 Å². The number of halogens is 1. The van der Waals surface area contributed by atoms with Gasteiger partial charge in [-0.1, -0.05) is 28.1 Å². The average molecular weight is 337 g/mol. The first-order valence-corrected chi connectivity index (χ1v) is 7.75. The molecule has 0 heterocycles. The number of hydrogen-bond acceptors (Lipinski definition) is 3. The Morgan fingerprint density at radius 3 is 2.78 bits per heavy atom. The van der Waals surface area contributed by atoms with Gasteiger partial charge in [0.25, 0.3) is 10.2 Å². The third-order valence-corrected chi connectivity index (χ3v) is 4.39. The van der Waals surface area contributed by atoms with Gasteiger partial charge in [0.15, 0.2) is 0 Å². The molecule has 0 aliphatic carbocycles. The van der Waals surface area contributed by atoms with Crippen LogP contribution in [0.4, 0.5) is 0 Å². The SMILES string of the molecule is CN(CCCO)S(=O)(=O)NCc1cccc(Br)c1. The van der Waals surface area contributed by atoms with Crippen LogP contribution in [0, 0.1) is 0 Å². The van der Waals surface area contributed by atoms with E-state index in [1.165, 1.54) is 11.4 Å². The van der Waals surface area contributed by atoms with Gasteiger partial charge in [0.05, 0.1) is 0 Å². The molecule has 0 saturated heterocycles. The molecule has 0 fully saturated rings. The second-order valence-electron chi connectivity index (χ2n) is 3.85. The summed E-state index contributed by atoms with van der Waals surface area (Å²) in [6.45, 7) is 0.515. The van der Waals surface area contributed by atoms with Crippen molar-refractivity contribution in [1.29, 1.82) is 0 Å². The highest BCUT2D eigenvalue weighted by Crippen LogP contribution is 2.11. The smallest absolute Gasteiger partial charge is 0.279 e. The van der Waals surface area contributed by atoms with Crippen LogP contribution in [-0.4, -0.2) is 38.0 Å². The molecule has 1 aromatic rings. The van der Waals surface area contributed by atoms with Gasteiger partial charge in [-0.2, -0.15) is 17.4 Å². The zero-order valence-corrected chi connectivity index (χ0v) is 12.5. The molecule has 18 heavy (non-hydrogen) atoms. The second-order valence-corrected chi connectivity index (χ2v) is 6.63. The van der Waals surface area contributed by atoms with Crippen molar-refractivity contribution in [2.45, 2.75) is 13.0 Å². The molecule has 2 N–H and O–H groups in total. The van der Waals surface area contributed by atoms with E-state index in [1.54, 1.807) is 0 Å². The highest BCUT2D eigenvalue weighted by molar-refractivity contribution is 9.10. The Morgan fingerprint density at radius 1 is 1.44 bits per heavy atom. The predicted octanol–water partition coefficient (Wildman–Crippen LogP) is 1.10. The Morgan fingerprint density at radius 2 is 2.17 bits per heavy atom. The summed E-state index contributed by atoms with van der Waals surface area (Å²) >= 11 is 3.33. The minimum absolute atomic E-state index is 0.0223. The number of nitrogens with one attached hydrogen (secondary N) is 1. The zero-order valence-electron chi connectivity index (χ0n) is 10.1. The molecule has 0 unspecified atom stereocenters. The minimum atomic E-state index is -3.49. The van der Waals surface area contributed by atoms with Crippen molar-refractivity contribution in [2.75, 3.05) is 20.2 Å². The highest BCUT2D eigenvalue weighted by atomic mass is 79.9. The fraction of sp³-hybridized carbons (Fsp3) is 0.455. The van der Waals surface area contributed by atoms with Gasteiger partial charge in [0.1, 0.15) is 0 Å². The lowest BCUT2D eigenvalue weighted by atomic mass is 10.2. The lowest BCUT2D eigenvalue weighted by Gasteiger charge is -2.17. The van der Waals surface area contributed by atoms with Gasteiger partial charge < -0.3 is 5.11 Å². The van der Waals surface area contributed by atoms with Crippen molar-refractivity contribution in [3.05, 3.63) is 34.3 Å². The third kappa shape index (κ3) is 5.03. The van der Waals surface area contributed by atoms with E-state index in [0.29, 0.717) is 13.0 Å². The molecule has 7 heteroatoms. The van der Waals surface area contributed by atoms with Crippen molar-refractivity contribution < 1.29 is 13.5 Å². The second kappa shape index (κ2) is 7.20. The molecule has 1 rings (SSSR count). The molecular formula is C11H17BrN2O3S. The van der Waals surface area contributed by atoms with Crippen LogP contribution in [0.25, 0.3) is 0 Å². The van der Waals surface area contributed by atoms with E-state index >= 15 is 0 Å². The highest BCUT2D eigenvalue weighted by Gasteiger charge is 2.16. The maximum absolute atomic E-state index is 11.8. The molecule has 0 aliphatic heterocycles. The molecule has 102 valence electrons. The summed E-state index contributed by atoms with van der Waals surface area (Å²) in [6.07, 6.45) is 0.425. The Balaban J connectivity index is 2.56. The molecule has 1 aromatic carbocycles. The summed E-state index contributed by atoms with van der Waals surface area (Å²) < 4.78 is 28.2. The fourth-order valence-electron chi connectivity index (χ4n) is 1.35. The normalized spacial score (nSPS) is 12.0. The Hall–Kier alpha value is -0.470. The summed E-state index contributed by atoms with van der Waals surface area (Å²) in [5.41, 5.74) is 0.878. The van der Waals surface area contributed by atoms with Crippen molar-refractivity contribution in [1.82, 2.24) is 9.03 Å². The van der Waals surface area contributed by atoms with Gasteiger partial charge >= 0.3 is 0 Å². The maximum Gasteiger partial charge on any atom is 0.279 e. The van der Waals surface area contributed by atoms with E-state index in [2.05, 4.69) is 20.7 Å². The van der Waals surface area contributed by atoms with E-state index in [9.17, 15) is 8.42 Å². The summed E-state index contributed by atoms with van der Waals surface area (Å²) in [5, 5.41) is 8.67. The van der Waals surface area contributed by atoms with Gasteiger partial charge in [-0.15, -0.1) is 0 Å². The van der Waals surface area contributed by atoms with Crippen LogP contribution in [0.3, 0.4) is 0 Å². The quantitative estimate of drug-likeness (QED) is 0.783.